The lowest BCUT2D eigenvalue weighted by atomic mass is 9.86. The third kappa shape index (κ3) is 0.501. The molecule has 0 unspecified atom stereocenters. The third-order valence-electron chi connectivity index (χ3n) is 1.94. The highest BCUT2D eigenvalue weighted by molar-refractivity contribution is 5.04. The molecule has 0 bridgehead atoms. The van der Waals surface area contributed by atoms with Crippen LogP contribution in [0, 0.1) is 11.8 Å². The van der Waals surface area contributed by atoms with Gasteiger partial charge in [0.05, 0.1) is 13.2 Å². The summed E-state index contributed by atoms with van der Waals surface area (Å²) in [5.41, 5.74) is 0.458. The first-order valence-electron chi connectivity index (χ1n) is 3.04. The fraction of sp³-hybridized carbons (Fsp3) is 0.833. The van der Waals surface area contributed by atoms with Crippen LogP contribution in [0.1, 0.15) is 0 Å². The van der Waals surface area contributed by atoms with Gasteiger partial charge in [0.15, 0.2) is 0 Å². The van der Waals surface area contributed by atoms with E-state index in [0.717, 1.165) is 26.3 Å². The summed E-state index contributed by atoms with van der Waals surface area (Å²) in [6.07, 6.45) is 2.33. The van der Waals surface area contributed by atoms with Crippen molar-refractivity contribution < 1.29 is 4.74 Å². The molecule has 2 aliphatic heterocycles. The van der Waals surface area contributed by atoms with Gasteiger partial charge in [-0.2, -0.15) is 0 Å². The molecule has 0 saturated carbocycles. The van der Waals surface area contributed by atoms with Gasteiger partial charge in [-0.05, 0) is 13.0 Å². The lowest BCUT2D eigenvalue weighted by molar-refractivity contribution is -0.0799. The highest BCUT2D eigenvalue weighted by Gasteiger charge is 2.40. The second-order valence-electron chi connectivity index (χ2n) is 2.69. The van der Waals surface area contributed by atoms with E-state index in [1.54, 1.807) is 0 Å². The van der Waals surface area contributed by atoms with Gasteiger partial charge in [-0.15, -0.1) is 0 Å². The Hall–Kier alpha value is -0.0800. The van der Waals surface area contributed by atoms with Crippen molar-refractivity contribution in [1.82, 2.24) is 5.32 Å². The zero-order chi connectivity index (χ0) is 5.45. The summed E-state index contributed by atoms with van der Waals surface area (Å²) in [4.78, 5) is 0. The van der Waals surface area contributed by atoms with Crippen LogP contribution in [0.2, 0.25) is 0 Å². The average molecular weight is 112 g/mol. The van der Waals surface area contributed by atoms with Gasteiger partial charge in [0.2, 0.25) is 0 Å². The number of ether oxygens (including phenoxy) is 1. The van der Waals surface area contributed by atoms with Crippen LogP contribution >= 0.6 is 0 Å². The second-order valence-corrected chi connectivity index (χ2v) is 2.69. The minimum absolute atomic E-state index is 0.458. The largest absolute Gasteiger partial charge is 0.380 e. The van der Waals surface area contributed by atoms with Crippen LogP contribution in [0.4, 0.5) is 0 Å². The summed E-state index contributed by atoms with van der Waals surface area (Å²) in [5, 5.41) is 3.28. The number of hydrogen-bond acceptors (Lipinski definition) is 2. The van der Waals surface area contributed by atoms with Crippen molar-refractivity contribution in [2.45, 2.75) is 0 Å². The summed E-state index contributed by atoms with van der Waals surface area (Å²) in [7, 11) is 0. The van der Waals surface area contributed by atoms with Gasteiger partial charge >= 0.3 is 0 Å². The van der Waals surface area contributed by atoms with E-state index in [1.807, 2.05) is 0 Å². The Labute approximate surface area is 49.2 Å². The molecule has 2 nitrogen and oxygen atoms in total. The van der Waals surface area contributed by atoms with Crippen LogP contribution in [0.25, 0.3) is 0 Å². The molecule has 1 radical (unpaired) electrons. The molecule has 0 amide bonds. The number of nitrogens with one attached hydrogen (secondary N) is 1. The highest BCUT2D eigenvalue weighted by atomic mass is 16.5. The van der Waals surface area contributed by atoms with Crippen molar-refractivity contribution in [3.8, 4) is 0 Å². The Morgan fingerprint density at radius 1 is 1.50 bits per heavy atom. The number of rotatable bonds is 0. The van der Waals surface area contributed by atoms with Crippen molar-refractivity contribution in [1.29, 1.82) is 0 Å². The van der Waals surface area contributed by atoms with Crippen molar-refractivity contribution in [3.63, 3.8) is 0 Å². The number of hydrogen-bond donors (Lipinski definition) is 1. The maximum Gasteiger partial charge on any atom is 0.0560 e. The molecule has 2 saturated heterocycles. The average Bonchev–Trinajstić information content (AvgIpc) is 2.07. The molecule has 1 spiro atoms. The standard InChI is InChI=1S/C6H10NO/c1-2-7-3-6(1)4-8-5-6/h1,7H,2-5H2. The van der Waals surface area contributed by atoms with Crippen molar-refractivity contribution in [3.05, 3.63) is 6.42 Å². The first-order valence-corrected chi connectivity index (χ1v) is 3.04. The van der Waals surface area contributed by atoms with E-state index in [1.165, 1.54) is 0 Å². The van der Waals surface area contributed by atoms with E-state index in [4.69, 9.17) is 4.74 Å². The predicted molar refractivity (Wildman–Crippen MR) is 30.4 cm³/mol. The van der Waals surface area contributed by atoms with Crippen LogP contribution in [-0.2, 0) is 4.74 Å². The quantitative estimate of drug-likeness (QED) is 0.469. The first kappa shape index (κ1) is 4.77. The minimum Gasteiger partial charge on any atom is -0.380 e. The summed E-state index contributed by atoms with van der Waals surface area (Å²) in [6.45, 7) is 4.09. The normalized spacial score (nSPS) is 33.0. The molecule has 0 aromatic rings. The molecular weight excluding hydrogens is 102 g/mol. The molecule has 8 heavy (non-hydrogen) atoms. The molecular formula is C6H10NO. The van der Waals surface area contributed by atoms with E-state index in [9.17, 15) is 0 Å². The van der Waals surface area contributed by atoms with Crippen LogP contribution < -0.4 is 5.32 Å². The molecule has 2 heterocycles. The summed E-state index contributed by atoms with van der Waals surface area (Å²) >= 11 is 0. The van der Waals surface area contributed by atoms with Crippen molar-refractivity contribution >= 4 is 0 Å². The van der Waals surface area contributed by atoms with Crippen LogP contribution in [0.15, 0.2) is 0 Å². The SMILES string of the molecule is [CH]1CNCC12COC2. The van der Waals surface area contributed by atoms with Gasteiger partial charge in [0.25, 0.3) is 0 Å². The maximum atomic E-state index is 5.09. The molecule has 0 aliphatic carbocycles. The van der Waals surface area contributed by atoms with E-state index < -0.39 is 0 Å². The smallest absolute Gasteiger partial charge is 0.0560 e. The lowest BCUT2D eigenvalue weighted by Gasteiger charge is -2.36. The Morgan fingerprint density at radius 2 is 2.38 bits per heavy atom. The summed E-state index contributed by atoms with van der Waals surface area (Å²) in [6, 6.07) is 0. The molecule has 2 fully saturated rings. The first-order chi connectivity index (χ1) is 3.91. The minimum atomic E-state index is 0.458. The zero-order valence-electron chi connectivity index (χ0n) is 4.81. The predicted octanol–water partition coefficient (Wildman–Crippen LogP) is -0.190. The summed E-state index contributed by atoms with van der Waals surface area (Å²) in [5.74, 6) is 0. The van der Waals surface area contributed by atoms with Gasteiger partial charge in [0, 0.05) is 12.0 Å². The van der Waals surface area contributed by atoms with Crippen LogP contribution in [0.3, 0.4) is 0 Å². The van der Waals surface area contributed by atoms with Crippen LogP contribution in [-0.4, -0.2) is 26.3 Å². The van der Waals surface area contributed by atoms with E-state index in [-0.39, 0.29) is 0 Å². The molecule has 0 aromatic carbocycles. The van der Waals surface area contributed by atoms with Crippen molar-refractivity contribution in [2.75, 3.05) is 26.3 Å². The van der Waals surface area contributed by atoms with Gasteiger partial charge in [-0.1, -0.05) is 0 Å². The molecule has 2 heteroatoms. The van der Waals surface area contributed by atoms with Gasteiger partial charge in [0.1, 0.15) is 0 Å². The van der Waals surface area contributed by atoms with E-state index in [2.05, 4.69) is 11.7 Å². The molecule has 0 aromatic heterocycles. The third-order valence-corrected chi connectivity index (χ3v) is 1.94. The summed E-state index contributed by atoms with van der Waals surface area (Å²) < 4.78 is 5.09. The second kappa shape index (κ2) is 1.45. The Kier molecular flexibility index (Phi) is 0.866. The Balaban J connectivity index is 2.01. The Bertz CT molecular complexity index is 90.7. The zero-order valence-corrected chi connectivity index (χ0v) is 4.81. The van der Waals surface area contributed by atoms with Gasteiger partial charge < -0.3 is 10.1 Å². The molecule has 1 N–H and O–H groups in total. The topological polar surface area (TPSA) is 21.3 Å². The molecule has 45 valence electrons. The van der Waals surface area contributed by atoms with E-state index in [0.29, 0.717) is 5.41 Å². The maximum absolute atomic E-state index is 5.09. The fourth-order valence-electron chi connectivity index (χ4n) is 1.27. The van der Waals surface area contributed by atoms with Gasteiger partial charge in [-0.3, -0.25) is 0 Å². The molecule has 2 rings (SSSR count). The molecule has 0 atom stereocenters. The monoisotopic (exact) mass is 112 g/mol. The highest BCUT2D eigenvalue weighted by Crippen LogP contribution is 2.32. The van der Waals surface area contributed by atoms with Crippen LogP contribution in [0.5, 0.6) is 0 Å². The molecule has 2 aliphatic rings. The van der Waals surface area contributed by atoms with Gasteiger partial charge in [-0.25, -0.2) is 0 Å². The fourth-order valence-corrected chi connectivity index (χ4v) is 1.27. The van der Waals surface area contributed by atoms with Crippen molar-refractivity contribution in [2.24, 2.45) is 5.41 Å². The van der Waals surface area contributed by atoms with E-state index >= 15 is 0 Å². The Morgan fingerprint density at radius 3 is 2.62 bits per heavy atom. The lowest BCUT2D eigenvalue weighted by Crippen LogP contribution is -2.44.